The Bertz CT molecular complexity index is 581. The van der Waals surface area contributed by atoms with Gasteiger partial charge >= 0.3 is 0 Å². The third kappa shape index (κ3) is 5.19. The second kappa shape index (κ2) is 8.59. The van der Waals surface area contributed by atoms with E-state index in [-0.39, 0.29) is 11.8 Å². The van der Waals surface area contributed by atoms with Crippen LogP contribution in [0.15, 0.2) is 40.9 Å². The van der Waals surface area contributed by atoms with E-state index in [2.05, 4.69) is 16.4 Å². The Kier molecular flexibility index (Phi) is 6.46. The van der Waals surface area contributed by atoms with Gasteiger partial charge in [-0.1, -0.05) is 17.7 Å². The van der Waals surface area contributed by atoms with Gasteiger partial charge in [0.25, 0.3) is 5.91 Å². The Hall–Kier alpha value is -1.81. The smallest absolute Gasteiger partial charge is 0.251 e. The van der Waals surface area contributed by atoms with E-state index in [1.54, 1.807) is 24.3 Å². The zero-order valence-corrected chi connectivity index (χ0v) is 13.4. The number of aliphatic imine (C=N–C) groups is 1. The highest BCUT2D eigenvalue weighted by atomic mass is 35.5. The van der Waals surface area contributed by atoms with Crippen LogP contribution in [0.25, 0.3) is 0 Å². The predicted octanol–water partition coefficient (Wildman–Crippen LogP) is 3.53. The molecule has 0 spiro atoms. The number of hydrogen-bond donors (Lipinski definition) is 2. The molecule has 0 saturated heterocycles. The number of rotatable bonds is 6. The summed E-state index contributed by atoms with van der Waals surface area (Å²) >= 11 is 5.61. The SMILES string of the molecule is NC(CCl)=Nc1cccc(C(=O)NCCC2=CCCCC2)c1. The van der Waals surface area contributed by atoms with Gasteiger partial charge in [-0.25, -0.2) is 4.99 Å². The van der Waals surface area contributed by atoms with E-state index in [4.69, 9.17) is 17.3 Å². The van der Waals surface area contributed by atoms with E-state index in [9.17, 15) is 4.79 Å². The molecule has 5 heteroatoms. The molecule has 118 valence electrons. The van der Waals surface area contributed by atoms with Crippen LogP contribution >= 0.6 is 11.6 Å². The fraction of sp³-hybridized carbons (Fsp3) is 0.412. The van der Waals surface area contributed by atoms with E-state index in [1.807, 2.05) is 0 Å². The number of hydrogen-bond acceptors (Lipinski definition) is 2. The van der Waals surface area contributed by atoms with Gasteiger partial charge < -0.3 is 11.1 Å². The van der Waals surface area contributed by atoms with E-state index < -0.39 is 0 Å². The molecule has 0 fully saturated rings. The summed E-state index contributed by atoms with van der Waals surface area (Å²) in [6.07, 6.45) is 8.13. The van der Waals surface area contributed by atoms with Crippen LogP contribution in [0.4, 0.5) is 5.69 Å². The summed E-state index contributed by atoms with van der Waals surface area (Å²) in [5.74, 6) is 0.423. The number of carbonyl (C=O) groups is 1. The average Bonchev–Trinajstić information content (AvgIpc) is 2.56. The summed E-state index contributed by atoms with van der Waals surface area (Å²) in [6, 6.07) is 7.07. The van der Waals surface area contributed by atoms with Crippen LogP contribution < -0.4 is 11.1 Å². The summed E-state index contributed by atoms with van der Waals surface area (Å²) in [4.78, 5) is 16.3. The van der Waals surface area contributed by atoms with E-state index in [0.29, 0.717) is 23.6 Å². The van der Waals surface area contributed by atoms with Crippen molar-refractivity contribution in [3.05, 3.63) is 41.5 Å². The van der Waals surface area contributed by atoms with Crippen molar-refractivity contribution in [2.75, 3.05) is 12.4 Å². The number of halogens is 1. The lowest BCUT2D eigenvalue weighted by atomic mass is 9.97. The Balaban J connectivity index is 1.89. The number of nitrogens with zero attached hydrogens (tertiary/aromatic N) is 1. The zero-order valence-electron chi connectivity index (χ0n) is 12.6. The third-order valence-electron chi connectivity index (χ3n) is 3.63. The Morgan fingerprint density at radius 3 is 2.95 bits per heavy atom. The molecule has 2 rings (SSSR count). The van der Waals surface area contributed by atoms with Crippen molar-refractivity contribution < 1.29 is 4.79 Å². The minimum absolute atomic E-state index is 0.0853. The number of nitrogens with one attached hydrogen (secondary N) is 1. The van der Waals surface area contributed by atoms with Crippen LogP contribution in [0.2, 0.25) is 0 Å². The van der Waals surface area contributed by atoms with Gasteiger partial charge in [-0.2, -0.15) is 0 Å². The first-order valence-corrected chi connectivity index (χ1v) is 8.17. The molecule has 0 unspecified atom stereocenters. The number of nitrogens with two attached hydrogens (primary N) is 1. The van der Waals surface area contributed by atoms with Gasteiger partial charge in [-0.05, 0) is 50.3 Å². The molecule has 1 amide bonds. The van der Waals surface area contributed by atoms with Gasteiger partial charge in [0.05, 0.1) is 11.6 Å². The molecule has 1 aliphatic rings. The summed E-state index contributed by atoms with van der Waals surface area (Å²) < 4.78 is 0. The molecule has 0 aliphatic heterocycles. The number of benzene rings is 1. The monoisotopic (exact) mass is 319 g/mol. The van der Waals surface area contributed by atoms with Crippen molar-refractivity contribution in [3.63, 3.8) is 0 Å². The van der Waals surface area contributed by atoms with Crippen LogP contribution in [-0.4, -0.2) is 24.2 Å². The second-order valence-electron chi connectivity index (χ2n) is 5.40. The predicted molar refractivity (Wildman–Crippen MR) is 91.9 cm³/mol. The molecular formula is C17H22ClN3O. The first-order valence-electron chi connectivity index (χ1n) is 7.64. The zero-order chi connectivity index (χ0) is 15.8. The normalized spacial score (nSPS) is 15.3. The lowest BCUT2D eigenvalue weighted by Gasteiger charge is -2.13. The molecule has 1 aliphatic carbocycles. The lowest BCUT2D eigenvalue weighted by Crippen LogP contribution is -2.24. The quantitative estimate of drug-likeness (QED) is 0.364. The van der Waals surface area contributed by atoms with Crippen LogP contribution in [0.5, 0.6) is 0 Å². The van der Waals surface area contributed by atoms with Crippen LogP contribution in [0.1, 0.15) is 42.5 Å². The third-order valence-corrected chi connectivity index (χ3v) is 3.91. The van der Waals surface area contributed by atoms with E-state index in [1.165, 1.54) is 24.8 Å². The first kappa shape index (κ1) is 16.6. The molecule has 0 atom stereocenters. The number of amides is 1. The summed E-state index contributed by atoms with van der Waals surface area (Å²) in [6.45, 7) is 0.669. The molecule has 1 aromatic rings. The Labute approximate surface area is 136 Å². The van der Waals surface area contributed by atoms with Crippen molar-refractivity contribution >= 4 is 29.0 Å². The molecule has 4 nitrogen and oxygen atoms in total. The topological polar surface area (TPSA) is 67.5 Å². The molecular weight excluding hydrogens is 298 g/mol. The van der Waals surface area contributed by atoms with E-state index in [0.717, 1.165) is 12.8 Å². The van der Waals surface area contributed by atoms with Crippen molar-refractivity contribution in [3.8, 4) is 0 Å². The highest BCUT2D eigenvalue weighted by Crippen LogP contribution is 2.19. The van der Waals surface area contributed by atoms with Crippen LogP contribution in [0, 0.1) is 0 Å². The fourth-order valence-corrected chi connectivity index (χ4v) is 2.54. The number of alkyl halides is 1. The molecule has 0 saturated carbocycles. The van der Waals surface area contributed by atoms with Gasteiger partial charge in [0.15, 0.2) is 0 Å². The van der Waals surface area contributed by atoms with Gasteiger partial charge in [0.1, 0.15) is 5.84 Å². The van der Waals surface area contributed by atoms with Gasteiger partial charge in [0.2, 0.25) is 0 Å². The minimum atomic E-state index is -0.0853. The summed E-state index contributed by atoms with van der Waals surface area (Å²) in [7, 11) is 0. The van der Waals surface area contributed by atoms with Crippen molar-refractivity contribution in [2.45, 2.75) is 32.1 Å². The molecule has 22 heavy (non-hydrogen) atoms. The standard InChI is InChI=1S/C17H22ClN3O/c18-12-16(19)21-15-8-4-7-14(11-15)17(22)20-10-9-13-5-2-1-3-6-13/h4-5,7-8,11H,1-3,6,9-10,12H2,(H2,19,21)(H,20,22). The van der Waals surface area contributed by atoms with Crippen molar-refractivity contribution in [2.24, 2.45) is 10.7 Å². The molecule has 0 bridgehead atoms. The highest BCUT2D eigenvalue weighted by Gasteiger charge is 2.07. The molecule has 0 radical (unpaired) electrons. The Morgan fingerprint density at radius 2 is 2.23 bits per heavy atom. The number of allylic oxidation sites excluding steroid dienone is 1. The van der Waals surface area contributed by atoms with E-state index >= 15 is 0 Å². The first-order chi connectivity index (χ1) is 10.7. The highest BCUT2D eigenvalue weighted by molar-refractivity contribution is 6.28. The van der Waals surface area contributed by atoms with Crippen LogP contribution in [0.3, 0.4) is 0 Å². The maximum absolute atomic E-state index is 12.2. The maximum Gasteiger partial charge on any atom is 0.251 e. The second-order valence-corrected chi connectivity index (χ2v) is 5.67. The molecule has 0 heterocycles. The average molecular weight is 320 g/mol. The number of carbonyl (C=O) groups excluding carboxylic acids is 1. The van der Waals surface area contributed by atoms with Gasteiger partial charge in [0, 0.05) is 12.1 Å². The van der Waals surface area contributed by atoms with Crippen LogP contribution in [-0.2, 0) is 0 Å². The maximum atomic E-state index is 12.2. The van der Waals surface area contributed by atoms with Crippen molar-refractivity contribution in [1.82, 2.24) is 5.32 Å². The van der Waals surface area contributed by atoms with Gasteiger partial charge in [-0.15, -0.1) is 11.6 Å². The largest absolute Gasteiger partial charge is 0.386 e. The lowest BCUT2D eigenvalue weighted by molar-refractivity contribution is 0.0954. The number of amidine groups is 1. The Morgan fingerprint density at radius 1 is 1.36 bits per heavy atom. The molecule has 0 aromatic heterocycles. The fourth-order valence-electron chi connectivity index (χ4n) is 2.48. The van der Waals surface area contributed by atoms with Gasteiger partial charge in [-0.3, -0.25) is 4.79 Å². The summed E-state index contributed by atoms with van der Waals surface area (Å²) in [5.41, 5.74) is 8.29. The molecule has 1 aromatic carbocycles. The minimum Gasteiger partial charge on any atom is -0.386 e. The summed E-state index contributed by atoms with van der Waals surface area (Å²) in [5, 5.41) is 2.96. The molecule has 3 N–H and O–H groups in total. The van der Waals surface area contributed by atoms with Crippen molar-refractivity contribution in [1.29, 1.82) is 0 Å².